The number of unbranched alkanes of at least 4 members (excludes halogenated alkanes) is 8. The van der Waals surface area contributed by atoms with Gasteiger partial charge in [0.1, 0.15) is 6.10 Å². The molecule has 0 spiro atoms. The average Bonchev–Trinajstić information content (AvgIpc) is 2.54. The van der Waals surface area contributed by atoms with E-state index in [0.29, 0.717) is 6.42 Å². The number of hydrogen-bond donors (Lipinski definition) is 0. The maximum absolute atomic E-state index is 12.0. The molecule has 0 aliphatic carbocycles. The van der Waals surface area contributed by atoms with Crippen LogP contribution in [0.2, 0.25) is 0 Å². The zero-order valence-electron chi connectivity index (χ0n) is 16.1. The van der Waals surface area contributed by atoms with Crippen molar-refractivity contribution < 1.29 is 9.53 Å². The van der Waals surface area contributed by atoms with Crippen LogP contribution in [-0.2, 0) is 9.53 Å². The van der Waals surface area contributed by atoms with Crippen LogP contribution in [0.15, 0.2) is 11.6 Å². The fourth-order valence-electron chi connectivity index (χ4n) is 2.92. The molecule has 0 fully saturated rings. The smallest absolute Gasteiger partial charge is 0.306 e. The van der Waals surface area contributed by atoms with E-state index in [1.807, 2.05) is 0 Å². The second-order valence-electron chi connectivity index (χ2n) is 6.89. The average molecular weight is 359 g/mol. The van der Waals surface area contributed by atoms with Gasteiger partial charge < -0.3 is 4.74 Å². The molecule has 0 N–H and O–H groups in total. The monoisotopic (exact) mass is 358 g/mol. The Hall–Kier alpha value is -0.500. The van der Waals surface area contributed by atoms with Crippen molar-refractivity contribution in [3.8, 4) is 0 Å². The molecule has 0 aliphatic heterocycles. The van der Waals surface area contributed by atoms with Crippen LogP contribution in [0.4, 0.5) is 0 Å². The summed E-state index contributed by atoms with van der Waals surface area (Å²) in [4.78, 5) is 12.0. The summed E-state index contributed by atoms with van der Waals surface area (Å²) in [5.41, 5.74) is 0. The van der Waals surface area contributed by atoms with Crippen LogP contribution >= 0.6 is 11.6 Å². The minimum Gasteiger partial charge on any atom is -0.462 e. The van der Waals surface area contributed by atoms with E-state index in [1.165, 1.54) is 44.9 Å². The summed E-state index contributed by atoms with van der Waals surface area (Å²) in [5.74, 6) is 0.00220. The van der Waals surface area contributed by atoms with Crippen LogP contribution in [0.3, 0.4) is 0 Å². The van der Waals surface area contributed by atoms with Crippen molar-refractivity contribution in [2.45, 2.75) is 116 Å². The lowest BCUT2D eigenvalue weighted by atomic mass is 10.1. The molecular formula is C21H39ClO2. The Bertz CT molecular complexity index is 315. The van der Waals surface area contributed by atoms with Crippen LogP contribution in [0, 0.1) is 0 Å². The van der Waals surface area contributed by atoms with E-state index in [-0.39, 0.29) is 12.1 Å². The van der Waals surface area contributed by atoms with Crippen LogP contribution in [0.1, 0.15) is 110 Å². The molecule has 0 radical (unpaired) electrons. The Labute approximate surface area is 155 Å². The van der Waals surface area contributed by atoms with Crippen molar-refractivity contribution in [1.82, 2.24) is 0 Å². The number of esters is 1. The first-order valence-corrected chi connectivity index (χ1v) is 10.5. The molecule has 0 aromatic carbocycles. The summed E-state index contributed by atoms with van der Waals surface area (Å²) in [7, 11) is 0. The van der Waals surface area contributed by atoms with Crippen molar-refractivity contribution in [2.75, 3.05) is 0 Å². The van der Waals surface area contributed by atoms with Crippen molar-refractivity contribution >= 4 is 17.6 Å². The number of halogens is 1. The van der Waals surface area contributed by atoms with Crippen LogP contribution < -0.4 is 0 Å². The summed E-state index contributed by atoms with van der Waals surface area (Å²) in [6.07, 6.45) is 16.5. The van der Waals surface area contributed by atoms with Crippen LogP contribution in [0.25, 0.3) is 0 Å². The molecule has 3 heteroatoms. The van der Waals surface area contributed by atoms with E-state index in [0.717, 1.165) is 50.0 Å². The molecular weight excluding hydrogens is 320 g/mol. The molecule has 0 aliphatic rings. The van der Waals surface area contributed by atoms with Gasteiger partial charge in [-0.3, -0.25) is 4.79 Å². The van der Waals surface area contributed by atoms with Crippen molar-refractivity contribution in [1.29, 1.82) is 0 Å². The lowest BCUT2D eigenvalue weighted by Gasteiger charge is -2.17. The first-order chi connectivity index (χ1) is 11.6. The number of allylic oxidation sites excluding steroid dienone is 1. The van der Waals surface area contributed by atoms with Crippen LogP contribution in [0.5, 0.6) is 0 Å². The van der Waals surface area contributed by atoms with Gasteiger partial charge in [-0.25, -0.2) is 0 Å². The predicted octanol–water partition coefficient (Wildman–Crippen LogP) is 7.54. The number of ether oxygens (including phenoxy) is 1. The third-order valence-corrected chi connectivity index (χ3v) is 4.56. The molecule has 0 rings (SSSR count). The van der Waals surface area contributed by atoms with Gasteiger partial charge in [-0.1, -0.05) is 83.4 Å². The third kappa shape index (κ3) is 16.4. The Balaban J connectivity index is 3.63. The van der Waals surface area contributed by atoms with Crippen molar-refractivity contribution in [2.24, 2.45) is 0 Å². The van der Waals surface area contributed by atoms with Crippen molar-refractivity contribution in [3.05, 3.63) is 11.6 Å². The van der Waals surface area contributed by atoms with E-state index >= 15 is 0 Å². The molecule has 0 aromatic rings. The van der Waals surface area contributed by atoms with Crippen LogP contribution in [-0.4, -0.2) is 12.1 Å². The quantitative estimate of drug-likeness (QED) is 0.198. The predicted molar refractivity (Wildman–Crippen MR) is 105 cm³/mol. The fraction of sp³-hybridized carbons (Fsp3) is 0.857. The number of carbonyl (C=O) groups excluding carboxylic acids is 1. The summed E-state index contributed by atoms with van der Waals surface area (Å²) in [5, 5.41) is 0.758. The SMILES string of the molecule is C=C(Cl)CCCCCCCCC(=O)OC(CCC)CCCCCC. The maximum atomic E-state index is 12.0. The molecule has 0 aromatic heterocycles. The van der Waals surface area contributed by atoms with Gasteiger partial charge in [0.05, 0.1) is 0 Å². The number of carbonyl (C=O) groups is 1. The zero-order valence-corrected chi connectivity index (χ0v) is 16.8. The van der Waals surface area contributed by atoms with Gasteiger partial charge in [0.25, 0.3) is 0 Å². The van der Waals surface area contributed by atoms with Gasteiger partial charge in [0.15, 0.2) is 0 Å². The van der Waals surface area contributed by atoms with Gasteiger partial charge in [-0.05, 0) is 38.5 Å². The molecule has 142 valence electrons. The van der Waals surface area contributed by atoms with Gasteiger partial charge in [-0.15, -0.1) is 0 Å². The molecule has 0 amide bonds. The summed E-state index contributed by atoms with van der Waals surface area (Å²) < 4.78 is 5.68. The zero-order chi connectivity index (χ0) is 18.0. The first-order valence-electron chi connectivity index (χ1n) is 10.1. The fourth-order valence-corrected chi connectivity index (χ4v) is 3.05. The minimum atomic E-state index is 0.00220. The first kappa shape index (κ1) is 23.5. The highest BCUT2D eigenvalue weighted by Gasteiger charge is 2.13. The lowest BCUT2D eigenvalue weighted by molar-refractivity contribution is -0.150. The lowest BCUT2D eigenvalue weighted by Crippen LogP contribution is -2.18. The van der Waals surface area contributed by atoms with E-state index in [4.69, 9.17) is 16.3 Å². The molecule has 0 saturated heterocycles. The third-order valence-electron chi connectivity index (χ3n) is 4.37. The molecule has 1 atom stereocenters. The van der Waals surface area contributed by atoms with E-state index in [1.54, 1.807) is 0 Å². The highest BCUT2D eigenvalue weighted by atomic mass is 35.5. The van der Waals surface area contributed by atoms with Gasteiger partial charge >= 0.3 is 5.97 Å². The summed E-state index contributed by atoms with van der Waals surface area (Å²) in [6, 6.07) is 0. The number of rotatable bonds is 17. The highest BCUT2D eigenvalue weighted by Crippen LogP contribution is 2.16. The molecule has 0 saturated carbocycles. The summed E-state index contributed by atoms with van der Waals surface area (Å²) in [6.45, 7) is 8.08. The van der Waals surface area contributed by atoms with Crippen molar-refractivity contribution in [3.63, 3.8) is 0 Å². The normalized spacial score (nSPS) is 12.1. The second kappa shape index (κ2) is 17.3. The van der Waals surface area contributed by atoms with E-state index in [9.17, 15) is 4.79 Å². The van der Waals surface area contributed by atoms with E-state index in [2.05, 4.69) is 20.4 Å². The maximum Gasteiger partial charge on any atom is 0.306 e. The molecule has 0 heterocycles. The topological polar surface area (TPSA) is 26.3 Å². The molecule has 2 nitrogen and oxygen atoms in total. The van der Waals surface area contributed by atoms with Gasteiger partial charge in [0.2, 0.25) is 0 Å². The molecule has 1 unspecified atom stereocenters. The number of hydrogen-bond acceptors (Lipinski definition) is 2. The molecule has 24 heavy (non-hydrogen) atoms. The Morgan fingerprint density at radius 3 is 2.00 bits per heavy atom. The molecule has 0 bridgehead atoms. The standard InChI is InChI=1S/C21H39ClO2/c1-4-6-7-13-17-20(15-5-2)24-21(23)18-14-11-9-8-10-12-16-19(3)22/h20H,3-18H2,1-2H3. The Kier molecular flexibility index (Phi) is 17.0. The second-order valence-corrected chi connectivity index (χ2v) is 7.42. The highest BCUT2D eigenvalue weighted by molar-refractivity contribution is 6.29. The summed E-state index contributed by atoms with van der Waals surface area (Å²) >= 11 is 5.74. The van der Waals surface area contributed by atoms with E-state index < -0.39 is 0 Å². The van der Waals surface area contributed by atoms with Gasteiger partial charge in [0, 0.05) is 11.5 Å². The van der Waals surface area contributed by atoms with Gasteiger partial charge in [-0.2, -0.15) is 0 Å². The minimum absolute atomic E-state index is 0.00220. The Morgan fingerprint density at radius 1 is 0.833 bits per heavy atom. The largest absolute Gasteiger partial charge is 0.462 e. The Morgan fingerprint density at radius 2 is 1.42 bits per heavy atom.